The number of carbonyl (C=O) groups excluding carboxylic acids is 7. The molecule has 5 fully saturated rings. The zero-order chi connectivity index (χ0) is 41.0. The highest BCUT2D eigenvalue weighted by molar-refractivity contribution is 5.90. The van der Waals surface area contributed by atoms with Crippen molar-refractivity contribution in [2.45, 2.75) is 122 Å². The standard InChI is InChI=1S/C39H48O16/c1-18(2)38(54-34(46)27-14-12-11-13-15-27)31(50-23(7)42)20(4)37(47)28-16-19(3)30(49-22(6)41)39(28)35(53-26(10)45)36(55-39,17-48-21(5)40)32(51-24(8)43)29(37)33(38)52-25(9)44/h11-15,19-20,28-33,35,47H,1,16-17H2,2-10H3/t19-,20+,28-,29-,30-,31-,32-,33+,35+,36+,37-,38-,39+/m0/s1. The minimum atomic E-state index is -2.35. The number of hydrogen-bond donors (Lipinski definition) is 1. The SMILES string of the molecule is C=C(C)[C@@]1(OC(=O)c2ccccc2)[C@H](OC(C)=O)[C@@H]2[C@H](OC(C)=O)[C@@]3(COC(C)=O)O[C@@]4([C@@H]3OC(C)=O)[C@@H](OC(C)=O)[C@@H](C)C[C@H]4[C@@]2(O)[C@H](C)[C@@H]1OC(C)=O. The van der Waals surface area contributed by atoms with E-state index >= 15 is 0 Å². The Morgan fingerprint density at radius 1 is 0.727 bits per heavy atom. The summed E-state index contributed by atoms with van der Waals surface area (Å²) in [7, 11) is 0. The predicted molar refractivity (Wildman–Crippen MR) is 185 cm³/mol. The van der Waals surface area contributed by atoms with Crippen molar-refractivity contribution >= 4 is 41.8 Å². The average molecular weight is 773 g/mol. The normalized spacial score (nSPS) is 38.3. The second kappa shape index (κ2) is 14.7. The fraction of sp³-hybridized carbons (Fsp3) is 0.615. The minimum absolute atomic E-state index is 0.000123. The lowest BCUT2D eigenvalue weighted by Crippen LogP contribution is -2.83. The molecule has 1 N–H and O–H groups in total. The molecule has 0 aromatic heterocycles. The third-order valence-corrected chi connectivity index (χ3v) is 11.5. The summed E-state index contributed by atoms with van der Waals surface area (Å²) in [5.74, 6) is -11.1. The van der Waals surface area contributed by atoms with Gasteiger partial charge in [-0.25, -0.2) is 4.79 Å². The van der Waals surface area contributed by atoms with Gasteiger partial charge in [-0.3, -0.25) is 28.8 Å². The maximum absolute atomic E-state index is 14.1. The summed E-state index contributed by atoms with van der Waals surface area (Å²) in [6.07, 6.45) is -8.19. The van der Waals surface area contributed by atoms with Crippen molar-refractivity contribution in [2.24, 2.45) is 23.7 Å². The van der Waals surface area contributed by atoms with E-state index < -0.39 is 125 Å². The van der Waals surface area contributed by atoms with Crippen LogP contribution >= 0.6 is 0 Å². The Balaban J connectivity index is 1.94. The van der Waals surface area contributed by atoms with Crippen molar-refractivity contribution in [3.05, 3.63) is 48.0 Å². The van der Waals surface area contributed by atoms with Gasteiger partial charge in [-0.1, -0.05) is 38.6 Å². The van der Waals surface area contributed by atoms with Gasteiger partial charge in [0, 0.05) is 53.4 Å². The maximum Gasteiger partial charge on any atom is 0.339 e. The fourth-order valence-electron chi connectivity index (χ4n) is 9.83. The minimum Gasteiger partial charge on any atom is -0.462 e. The highest BCUT2D eigenvalue weighted by Crippen LogP contribution is 2.71. The molecule has 0 radical (unpaired) electrons. The van der Waals surface area contributed by atoms with E-state index in [1.54, 1.807) is 25.1 Å². The van der Waals surface area contributed by atoms with Gasteiger partial charge in [0.25, 0.3) is 0 Å². The van der Waals surface area contributed by atoms with E-state index in [1.165, 1.54) is 26.0 Å². The molecule has 300 valence electrons. The van der Waals surface area contributed by atoms with Crippen LogP contribution in [0.25, 0.3) is 0 Å². The van der Waals surface area contributed by atoms with Crippen LogP contribution in [0.3, 0.4) is 0 Å². The first-order valence-electron chi connectivity index (χ1n) is 18.0. The van der Waals surface area contributed by atoms with E-state index in [0.29, 0.717) is 0 Å². The van der Waals surface area contributed by atoms with Gasteiger partial charge in [-0.05, 0) is 37.0 Å². The van der Waals surface area contributed by atoms with Crippen molar-refractivity contribution < 1.29 is 76.6 Å². The van der Waals surface area contributed by atoms with E-state index in [2.05, 4.69) is 6.58 Å². The number of hydrogen-bond acceptors (Lipinski definition) is 16. The number of benzene rings is 1. The van der Waals surface area contributed by atoms with Gasteiger partial charge in [0.05, 0.1) is 17.1 Å². The summed E-state index contributed by atoms with van der Waals surface area (Å²) in [5, 5.41) is 13.8. The second-order valence-electron chi connectivity index (χ2n) is 15.1. The Hall–Kier alpha value is -4.83. The van der Waals surface area contributed by atoms with Crippen LogP contribution in [-0.2, 0) is 66.7 Å². The summed E-state index contributed by atoms with van der Waals surface area (Å²) in [5.41, 5.74) is -8.71. The molecule has 3 aliphatic carbocycles. The van der Waals surface area contributed by atoms with Gasteiger partial charge in [0.1, 0.15) is 18.8 Å². The zero-order valence-corrected chi connectivity index (χ0v) is 32.3. The van der Waals surface area contributed by atoms with E-state index in [-0.39, 0.29) is 17.6 Å². The molecule has 2 bridgehead atoms. The van der Waals surface area contributed by atoms with Crippen LogP contribution in [0.2, 0.25) is 0 Å². The van der Waals surface area contributed by atoms with Crippen molar-refractivity contribution in [3.63, 3.8) is 0 Å². The number of ether oxygens (including phenoxy) is 8. The Labute approximate surface area is 318 Å². The van der Waals surface area contributed by atoms with E-state index in [4.69, 9.17) is 37.9 Å². The highest BCUT2D eigenvalue weighted by Gasteiger charge is 2.90. The van der Waals surface area contributed by atoms with Crippen molar-refractivity contribution in [2.75, 3.05) is 6.61 Å². The molecule has 16 heteroatoms. The molecule has 0 amide bonds. The molecule has 2 aliphatic heterocycles. The third kappa shape index (κ3) is 6.46. The van der Waals surface area contributed by atoms with Crippen LogP contribution in [-0.4, -0.2) is 106 Å². The van der Waals surface area contributed by atoms with E-state index in [9.17, 15) is 38.7 Å². The predicted octanol–water partition coefficient (Wildman–Crippen LogP) is 2.55. The summed E-state index contributed by atoms with van der Waals surface area (Å²) >= 11 is 0. The molecular weight excluding hydrogens is 724 g/mol. The molecule has 13 atom stereocenters. The van der Waals surface area contributed by atoms with E-state index in [0.717, 1.165) is 41.5 Å². The van der Waals surface area contributed by atoms with Gasteiger partial charge in [0.2, 0.25) is 5.60 Å². The summed E-state index contributed by atoms with van der Waals surface area (Å²) in [6.45, 7) is 14.6. The van der Waals surface area contributed by atoms with Gasteiger partial charge < -0.3 is 43.0 Å². The van der Waals surface area contributed by atoms with Crippen LogP contribution in [0.4, 0.5) is 0 Å². The van der Waals surface area contributed by atoms with Crippen molar-refractivity contribution in [3.8, 4) is 0 Å². The molecule has 0 unspecified atom stereocenters. The summed E-state index contributed by atoms with van der Waals surface area (Å²) in [6, 6.07) is 7.76. The lowest BCUT2D eigenvalue weighted by atomic mass is 9.52. The monoisotopic (exact) mass is 772 g/mol. The first-order chi connectivity index (χ1) is 25.6. The Morgan fingerprint density at radius 2 is 1.24 bits per heavy atom. The molecule has 2 heterocycles. The molecule has 1 spiro atoms. The van der Waals surface area contributed by atoms with E-state index in [1.807, 2.05) is 0 Å². The first-order valence-corrected chi connectivity index (χ1v) is 18.0. The van der Waals surface area contributed by atoms with Crippen LogP contribution in [0, 0.1) is 23.7 Å². The summed E-state index contributed by atoms with van der Waals surface area (Å²) < 4.78 is 48.8. The molecule has 2 saturated heterocycles. The maximum atomic E-state index is 14.1. The largest absolute Gasteiger partial charge is 0.462 e. The topological polar surface area (TPSA) is 214 Å². The molecule has 3 saturated carbocycles. The molecule has 55 heavy (non-hydrogen) atoms. The first kappa shape index (κ1) is 41.3. The average Bonchev–Trinajstić information content (AvgIpc) is 3.30. The number of carbonyl (C=O) groups is 7. The molecule has 5 aliphatic rings. The quantitative estimate of drug-likeness (QED) is 0.206. The van der Waals surface area contributed by atoms with Crippen LogP contribution in [0.5, 0.6) is 0 Å². The van der Waals surface area contributed by atoms with Gasteiger partial charge in [-0.15, -0.1) is 0 Å². The van der Waals surface area contributed by atoms with Crippen LogP contribution < -0.4 is 0 Å². The van der Waals surface area contributed by atoms with Crippen molar-refractivity contribution in [1.82, 2.24) is 0 Å². The summed E-state index contributed by atoms with van der Waals surface area (Å²) in [4.78, 5) is 91.9. The second-order valence-corrected chi connectivity index (χ2v) is 15.1. The van der Waals surface area contributed by atoms with Gasteiger partial charge in [0.15, 0.2) is 29.5 Å². The molecule has 6 rings (SSSR count). The lowest BCUT2D eigenvalue weighted by Gasteiger charge is -2.62. The van der Waals surface area contributed by atoms with Crippen molar-refractivity contribution in [1.29, 1.82) is 0 Å². The zero-order valence-electron chi connectivity index (χ0n) is 32.3. The van der Waals surface area contributed by atoms with Crippen LogP contribution in [0.1, 0.15) is 79.1 Å². The number of rotatable bonds is 10. The van der Waals surface area contributed by atoms with Crippen LogP contribution in [0.15, 0.2) is 42.5 Å². The molecule has 16 nitrogen and oxygen atoms in total. The highest BCUT2D eigenvalue weighted by atomic mass is 16.7. The fourth-order valence-corrected chi connectivity index (χ4v) is 9.83. The Bertz CT molecular complexity index is 1780. The lowest BCUT2D eigenvalue weighted by molar-refractivity contribution is -0.403. The molecule has 1 aromatic rings. The Morgan fingerprint density at radius 3 is 1.75 bits per heavy atom. The number of esters is 7. The van der Waals surface area contributed by atoms with Gasteiger partial charge in [-0.2, -0.15) is 0 Å². The third-order valence-electron chi connectivity index (χ3n) is 11.5. The Kier molecular flexibility index (Phi) is 11.0. The number of aliphatic hydroxyl groups is 1. The molecular formula is C39H48O16. The smallest absolute Gasteiger partial charge is 0.339 e. The molecule has 1 aromatic carbocycles. The van der Waals surface area contributed by atoms with Gasteiger partial charge >= 0.3 is 41.8 Å².